The molecular weight excluding hydrogens is 526 g/mol. The molecule has 4 amide bonds. The van der Waals surface area contributed by atoms with Gasteiger partial charge in [-0.3, -0.25) is 14.9 Å². The number of anilines is 1. The molecule has 178 valence electrons. The summed E-state index contributed by atoms with van der Waals surface area (Å²) >= 11 is 3.32. The van der Waals surface area contributed by atoms with E-state index in [0.29, 0.717) is 17.8 Å². The Kier molecular flexibility index (Phi) is 5.99. The molecule has 1 aliphatic rings. The number of halogens is 1. The zero-order chi connectivity index (χ0) is 25.4. The summed E-state index contributed by atoms with van der Waals surface area (Å²) in [5.41, 5.74) is 2.59. The SMILES string of the molecule is O=C1NC(=O)N(c2ccc(Br)cc2)C(=O)/C1=C/c1cn(Cc2cccc(C(=O)O)c2)c2ccccc12. The molecule has 1 aromatic heterocycles. The van der Waals surface area contributed by atoms with Crippen molar-refractivity contribution < 1.29 is 24.3 Å². The second-order valence-electron chi connectivity index (χ2n) is 8.17. The van der Waals surface area contributed by atoms with Crippen molar-refractivity contribution in [2.24, 2.45) is 0 Å². The number of carbonyl (C=O) groups is 4. The Morgan fingerprint density at radius 2 is 1.72 bits per heavy atom. The number of imide groups is 2. The summed E-state index contributed by atoms with van der Waals surface area (Å²) in [6.45, 7) is 0.383. The average Bonchev–Trinajstić information content (AvgIpc) is 3.20. The van der Waals surface area contributed by atoms with Crippen LogP contribution in [0.5, 0.6) is 0 Å². The van der Waals surface area contributed by atoms with Gasteiger partial charge in [0.2, 0.25) is 0 Å². The number of carbonyl (C=O) groups excluding carboxylic acids is 3. The molecule has 0 spiro atoms. The fraction of sp³-hybridized carbons (Fsp3) is 0.0370. The molecule has 4 aromatic rings. The highest BCUT2D eigenvalue weighted by Gasteiger charge is 2.37. The lowest BCUT2D eigenvalue weighted by molar-refractivity contribution is -0.122. The van der Waals surface area contributed by atoms with Crippen molar-refractivity contribution in [3.05, 3.63) is 106 Å². The second kappa shape index (κ2) is 9.27. The monoisotopic (exact) mass is 543 g/mol. The molecule has 0 unspecified atom stereocenters. The van der Waals surface area contributed by atoms with Crippen molar-refractivity contribution in [3.8, 4) is 0 Å². The smallest absolute Gasteiger partial charge is 0.335 e. The van der Waals surface area contributed by atoms with Gasteiger partial charge in [-0.2, -0.15) is 0 Å². The molecule has 1 aliphatic heterocycles. The number of aromatic carboxylic acids is 1. The van der Waals surface area contributed by atoms with Crippen molar-refractivity contribution in [3.63, 3.8) is 0 Å². The highest BCUT2D eigenvalue weighted by molar-refractivity contribution is 9.10. The number of urea groups is 1. The van der Waals surface area contributed by atoms with Crippen molar-refractivity contribution in [2.45, 2.75) is 6.54 Å². The van der Waals surface area contributed by atoms with Gasteiger partial charge in [-0.25, -0.2) is 14.5 Å². The molecule has 9 heteroatoms. The van der Waals surface area contributed by atoms with Gasteiger partial charge in [-0.1, -0.05) is 46.3 Å². The van der Waals surface area contributed by atoms with Crippen LogP contribution in [0.3, 0.4) is 0 Å². The lowest BCUT2D eigenvalue weighted by atomic mass is 10.1. The van der Waals surface area contributed by atoms with E-state index in [1.54, 1.807) is 42.6 Å². The van der Waals surface area contributed by atoms with E-state index in [1.165, 1.54) is 12.1 Å². The summed E-state index contributed by atoms with van der Waals surface area (Å²) in [4.78, 5) is 50.7. The number of barbiturate groups is 1. The molecule has 3 aromatic carbocycles. The molecule has 2 N–H and O–H groups in total. The van der Waals surface area contributed by atoms with E-state index in [9.17, 15) is 24.3 Å². The standard InChI is InChI=1S/C27H18BrN3O5/c28-19-8-10-20(11-9-19)31-25(33)22(24(32)29-27(31)36)13-18-15-30(23-7-2-1-6-21(18)23)14-16-4-3-5-17(12-16)26(34)35/h1-13,15H,14H2,(H,34,35)(H,29,32,36)/b22-13+. The fourth-order valence-corrected chi connectivity index (χ4v) is 4.42. The van der Waals surface area contributed by atoms with Crippen LogP contribution in [0.1, 0.15) is 21.5 Å². The third-order valence-electron chi connectivity index (χ3n) is 5.83. The van der Waals surface area contributed by atoms with Gasteiger partial charge in [0.1, 0.15) is 5.57 Å². The molecule has 0 saturated carbocycles. The predicted octanol–water partition coefficient (Wildman–Crippen LogP) is 4.82. The quantitative estimate of drug-likeness (QED) is 0.277. The number of hydrogen-bond acceptors (Lipinski definition) is 4. The van der Waals surface area contributed by atoms with Crippen LogP contribution in [0.4, 0.5) is 10.5 Å². The molecule has 36 heavy (non-hydrogen) atoms. The summed E-state index contributed by atoms with van der Waals surface area (Å²) in [7, 11) is 0. The molecule has 5 rings (SSSR count). The lowest BCUT2D eigenvalue weighted by Gasteiger charge is -2.26. The van der Waals surface area contributed by atoms with Crippen LogP contribution in [0.15, 0.2) is 89.0 Å². The molecule has 1 fully saturated rings. The highest BCUT2D eigenvalue weighted by Crippen LogP contribution is 2.28. The summed E-state index contributed by atoms with van der Waals surface area (Å²) in [6, 6.07) is 19.9. The molecule has 8 nitrogen and oxygen atoms in total. The Labute approximate surface area is 213 Å². The van der Waals surface area contributed by atoms with Crippen LogP contribution in [0.25, 0.3) is 17.0 Å². The zero-order valence-corrected chi connectivity index (χ0v) is 20.2. The normalized spacial score (nSPS) is 15.0. The lowest BCUT2D eigenvalue weighted by Crippen LogP contribution is -2.54. The molecule has 0 aliphatic carbocycles. The first-order valence-electron chi connectivity index (χ1n) is 10.9. The zero-order valence-electron chi connectivity index (χ0n) is 18.6. The number of fused-ring (bicyclic) bond motifs is 1. The minimum Gasteiger partial charge on any atom is -0.478 e. The van der Waals surface area contributed by atoms with Gasteiger partial charge in [-0.05, 0) is 54.1 Å². The van der Waals surface area contributed by atoms with Crippen LogP contribution in [-0.2, 0) is 16.1 Å². The molecule has 1 saturated heterocycles. The maximum Gasteiger partial charge on any atom is 0.335 e. The number of aromatic nitrogens is 1. The van der Waals surface area contributed by atoms with Crippen molar-refractivity contribution >= 4 is 62.4 Å². The number of nitrogens with zero attached hydrogens (tertiary/aromatic N) is 2. The van der Waals surface area contributed by atoms with Gasteiger partial charge in [-0.15, -0.1) is 0 Å². The third-order valence-corrected chi connectivity index (χ3v) is 6.36. The van der Waals surface area contributed by atoms with E-state index in [2.05, 4.69) is 21.2 Å². The maximum absolute atomic E-state index is 13.3. The summed E-state index contributed by atoms with van der Waals surface area (Å²) in [6.07, 6.45) is 3.27. The van der Waals surface area contributed by atoms with Crippen molar-refractivity contribution in [1.29, 1.82) is 0 Å². The first-order valence-corrected chi connectivity index (χ1v) is 11.7. The van der Waals surface area contributed by atoms with E-state index in [0.717, 1.165) is 25.8 Å². The number of nitrogens with one attached hydrogen (secondary N) is 1. The van der Waals surface area contributed by atoms with E-state index in [-0.39, 0.29) is 11.1 Å². The molecule has 0 atom stereocenters. The molecular formula is C27H18BrN3O5. The highest BCUT2D eigenvalue weighted by atomic mass is 79.9. The van der Waals surface area contributed by atoms with Crippen LogP contribution in [0, 0.1) is 0 Å². The number of benzene rings is 3. The summed E-state index contributed by atoms with van der Waals surface area (Å²) in [5.74, 6) is -2.51. The second-order valence-corrected chi connectivity index (χ2v) is 9.08. The summed E-state index contributed by atoms with van der Waals surface area (Å²) in [5, 5.41) is 12.3. The molecule has 0 radical (unpaired) electrons. The van der Waals surface area contributed by atoms with Crippen LogP contribution in [-0.4, -0.2) is 33.5 Å². The van der Waals surface area contributed by atoms with E-state index < -0.39 is 23.8 Å². The number of carboxylic acid groups (broad SMARTS) is 1. The number of rotatable bonds is 5. The van der Waals surface area contributed by atoms with E-state index in [4.69, 9.17) is 0 Å². The van der Waals surface area contributed by atoms with Gasteiger partial charge in [0.15, 0.2) is 0 Å². The molecule has 2 heterocycles. The number of amides is 4. The Morgan fingerprint density at radius 1 is 0.972 bits per heavy atom. The fourth-order valence-electron chi connectivity index (χ4n) is 4.16. The van der Waals surface area contributed by atoms with Gasteiger partial charge < -0.3 is 9.67 Å². The van der Waals surface area contributed by atoms with Gasteiger partial charge in [0.05, 0.1) is 11.3 Å². The predicted molar refractivity (Wildman–Crippen MR) is 138 cm³/mol. The largest absolute Gasteiger partial charge is 0.478 e. The Balaban J connectivity index is 1.55. The van der Waals surface area contributed by atoms with Crippen molar-refractivity contribution in [2.75, 3.05) is 4.90 Å². The van der Waals surface area contributed by atoms with E-state index in [1.807, 2.05) is 34.9 Å². The maximum atomic E-state index is 13.3. The summed E-state index contributed by atoms with van der Waals surface area (Å²) < 4.78 is 2.70. The topological polar surface area (TPSA) is 109 Å². The number of para-hydroxylation sites is 1. The van der Waals surface area contributed by atoms with Gasteiger partial charge in [0.25, 0.3) is 11.8 Å². The minimum atomic E-state index is -1.01. The van der Waals surface area contributed by atoms with E-state index >= 15 is 0 Å². The Hall–Kier alpha value is -4.50. The molecule has 0 bridgehead atoms. The minimum absolute atomic E-state index is 0.173. The Morgan fingerprint density at radius 3 is 2.47 bits per heavy atom. The van der Waals surface area contributed by atoms with Gasteiger partial charge in [0, 0.05) is 33.7 Å². The average molecular weight is 544 g/mol. The third kappa shape index (κ3) is 4.32. The van der Waals surface area contributed by atoms with Crippen molar-refractivity contribution in [1.82, 2.24) is 9.88 Å². The van der Waals surface area contributed by atoms with Crippen LogP contribution >= 0.6 is 15.9 Å². The number of hydrogen-bond donors (Lipinski definition) is 2. The van der Waals surface area contributed by atoms with Crippen LogP contribution < -0.4 is 10.2 Å². The van der Waals surface area contributed by atoms with Gasteiger partial charge >= 0.3 is 12.0 Å². The first-order chi connectivity index (χ1) is 17.3. The first kappa shape index (κ1) is 23.3. The number of carboxylic acids is 1. The van der Waals surface area contributed by atoms with Crippen LogP contribution in [0.2, 0.25) is 0 Å². The Bertz CT molecular complexity index is 1590.